The first-order valence-electron chi connectivity index (χ1n) is 7.59. The molecule has 0 bridgehead atoms. The van der Waals surface area contributed by atoms with E-state index < -0.39 is 0 Å². The third-order valence-electron chi connectivity index (χ3n) is 4.33. The average molecular weight is 273 g/mol. The largest absolute Gasteiger partial charge is 0.313 e. The first-order chi connectivity index (χ1) is 9.43. The van der Waals surface area contributed by atoms with Gasteiger partial charge in [-0.3, -0.25) is 0 Å². The Bertz CT molecular complexity index is 511. The van der Waals surface area contributed by atoms with Gasteiger partial charge in [0, 0.05) is 11.2 Å². The summed E-state index contributed by atoms with van der Waals surface area (Å²) in [6, 6.07) is 8.72. The van der Waals surface area contributed by atoms with Gasteiger partial charge in [0.25, 0.3) is 0 Å². The Morgan fingerprint density at radius 2 is 1.95 bits per heavy atom. The van der Waals surface area contributed by atoms with Crippen LogP contribution in [-0.2, 0) is 6.54 Å². The molecule has 0 spiro atoms. The second kappa shape index (κ2) is 6.53. The predicted molar refractivity (Wildman–Crippen MR) is 84.7 cm³/mol. The number of fused-ring (bicyclic) bond motifs is 1. The molecule has 102 valence electrons. The minimum Gasteiger partial charge on any atom is -0.313 e. The zero-order chi connectivity index (χ0) is 12.9. The highest BCUT2D eigenvalue weighted by atomic mass is 32.1. The van der Waals surface area contributed by atoms with E-state index in [2.05, 4.69) is 35.0 Å². The van der Waals surface area contributed by atoms with Crippen molar-refractivity contribution >= 4 is 21.4 Å². The Labute approximate surface area is 120 Å². The molecule has 2 heteroatoms. The van der Waals surface area contributed by atoms with Gasteiger partial charge < -0.3 is 5.32 Å². The highest BCUT2D eigenvalue weighted by Gasteiger charge is 2.12. The second-order valence-corrected chi connectivity index (χ2v) is 6.64. The highest BCUT2D eigenvalue weighted by Crippen LogP contribution is 2.27. The molecule has 1 nitrogen and oxygen atoms in total. The van der Waals surface area contributed by atoms with Crippen LogP contribution in [0, 0.1) is 5.92 Å². The molecule has 1 aliphatic carbocycles. The van der Waals surface area contributed by atoms with Crippen LogP contribution in [0.2, 0.25) is 0 Å². The van der Waals surface area contributed by atoms with E-state index in [4.69, 9.17) is 0 Å². The molecule has 0 atom stereocenters. The molecule has 1 aromatic carbocycles. The topological polar surface area (TPSA) is 12.0 Å². The number of rotatable bonds is 5. The molecule has 0 radical (unpaired) electrons. The lowest BCUT2D eigenvalue weighted by Crippen LogP contribution is -2.18. The SMILES string of the molecule is c1ccc2c(CNCCC3CCCCC3)csc2c1. The maximum absolute atomic E-state index is 3.63. The van der Waals surface area contributed by atoms with Gasteiger partial charge >= 0.3 is 0 Å². The van der Waals surface area contributed by atoms with Gasteiger partial charge in [-0.25, -0.2) is 0 Å². The maximum atomic E-state index is 3.63. The molecule has 1 aliphatic rings. The average Bonchev–Trinajstić information content (AvgIpc) is 2.88. The number of benzene rings is 1. The lowest BCUT2D eigenvalue weighted by molar-refractivity contribution is 0.334. The molecular weight excluding hydrogens is 250 g/mol. The number of thiophene rings is 1. The van der Waals surface area contributed by atoms with Crippen molar-refractivity contribution in [1.29, 1.82) is 0 Å². The third kappa shape index (κ3) is 3.37. The molecule has 1 N–H and O–H groups in total. The van der Waals surface area contributed by atoms with Crippen LogP contribution in [0.4, 0.5) is 0 Å². The molecule has 1 heterocycles. The summed E-state index contributed by atoms with van der Waals surface area (Å²) >= 11 is 1.86. The van der Waals surface area contributed by atoms with Crippen LogP contribution >= 0.6 is 11.3 Å². The van der Waals surface area contributed by atoms with Gasteiger partial charge in [-0.15, -0.1) is 11.3 Å². The van der Waals surface area contributed by atoms with Crippen molar-refractivity contribution < 1.29 is 0 Å². The first kappa shape index (κ1) is 13.1. The van der Waals surface area contributed by atoms with Gasteiger partial charge in [0.15, 0.2) is 0 Å². The molecule has 0 unspecified atom stereocenters. The Balaban J connectivity index is 1.47. The van der Waals surface area contributed by atoms with E-state index in [1.807, 2.05) is 11.3 Å². The summed E-state index contributed by atoms with van der Waals surface area (Å²) < 4.78 is 1.41. The van der Waals surface area contributed by atoms with Crippen molar-refractivity contribution in [3.8, 4) is 0 Å². The van der Waals surface area contributed by atoms with Crippen molar-refractivity contribution in [1.82, 2.24) is 5.32 Å². The summed E-state index contributed by atoms with van der Waals surface area (Å²) in [5, 5.41) is 7.37. The molecule has 0 amide bonds. The molecule has 19 heavy (non-hydrogen) atoms. The summed E-state index contributed by atoms with van der Waals surface area (Å²) in [6.07, 6.45) is 8.67. The fourth-order valence-corrected chi connectivity index (χ4v) is 4.14. The maximum Gasteiger partial charge on any atom is 0.0346 e. The minimum absolute atomic E-state index is 0.987. The third-order valence-corrected chi connectivity index (χ3v) is 5.34. The number of hydrogen-bond acceptors (Lipinski definition) is 2. The molecule has 0 aliphatic heterocycles. The molecule has 2 aromatic rings. The summed E-state index contributed by atoms with van der Waals surface area (Å²) in [5.74, 6) is 0.987. The molecule has 1 saturated carbocycles. The monoisotopic (exact) mass is 273 g/mol. The van der Waals surface area contributed by atoms with E-state index in [-0.39, 0.29) is 0 Å². The fraction of sp³-hybridized carbons (Fsp3) is 0.529. The van der Waals surface area contributed by atoms with Crippen molar-refractivity contribution in [3.63, 3.8) is 0 Å². The molecule has 1 aromatic heterocycles. The quantitative estimate of drug-likeness (QED) is 0.759. The summed E-state index contributed by atoms with van der Waals surface area (Å²) in [6.45, 7) is 2.20. The van der Waals surface area contributed by atoms with Gasteiger partial charge in [-0.1, -0.05) is 50.3 Å². The first-order valence-corrected chi connectivity index (χ1v) is 8.47. The van der Waals surface area contributed by atoms with E-state index in [1.54, 1.807) is 0 Å². The molecule has 3 rings (SSSR count). The lowest BCUT2D eigenvalue weighted by atomic mass is 9.87. The molecule has 0 saturated heterocycles. The van der Waals surface area contributed by atoms with E-state index in [1.165, 1.54) is 60.7 Å². The normalized spacial score (nSPS) is 17.1. The summed E-state index contributed by atoms with van der Waals surface area (Å²) in [7, 11) is 0. The van der Waals surface area contributed by atoms with E-state index in [9.17, 15) is 0 Å². The van der Waals surface area contributed by atoms with Gasteiger partial charge in [0.2, 0.25) is 0 Å². The Morgan fingerprint density at radius 3 is 2.84 bits per heavy atom. The van der Waals surface area contributed by atoms with Crippen LogP contribution in [0.3, 0.4) is 0 Å². The number of nitrogens with one attached hydrogen (secondary N) is 1. The number of hydrogen-bond donors (Lipinski definition) is 1. The van der Waals surface area contributed by atoms with Crippen molar-refractivity contribution in [2.45, 2.75) is 45.1 Å². The predicted octanol–water partition coefficient (Wildman–Crippen LogP) is 4.96. The smallest absolute Gasteiger partial charge is 0.0346 e. The van der Waals surface area contributed by atoms with E-state index in [0.29, 0.717) is 0 Å². The van der Waals surface area contributed by atoms with Gasteiger partial charge in [-0.2, -0.15) is 0 Å². The Morgan fingerprint density at radius 1 is 1.11 bits per heavy atom. The van der Waals surface area contributed by atoms with Crippen molar-refractivity contribution in [2.75, 3.05) is 6.54 Å². The lowest BCUT2D eigenvalue weighted by Gasteiger charge is -2.21. The van der Waals surface area contributed by atoms with Gasteiger partial charge in [-0.05, 0) is 41.3 Å². The highest BCUT2D eigenvalue weighted by molar-refractivity contribution is 7.17. The minimum atomic E-state index is 0.987. The Hall–Kier alpha value is -0.860. The zero-order valence-electron chi connectivity index (χ0n) is 11.5. The van der Waals surface area contributed by atoms with Crippen LogP contribution in [-0.4, -0.2) is 6.54 Å². The fourth-order valence-electron chi connectivity index (χ4n) is 3.17. The summed E-state index contributed by atoms with van der Waals surface area (Å²) in [4.78, 5) is 0. The van der Waals surface area contributed by atoms with Crippen LogP contribution in [0.25, 0.3) is 10.1 Å². The summed E-state index contributed by atoms with van der Waals surface area (Å²) in [5.41, 5.74) is 1.46. The Kier molecular flexibility index (Phi) is 4.52. The molecular formula is C17H23NS. The van der Waals surface area contributed by atoms with E-state index in [0.717, 1.165) is 12.5 Å². The second-order valence-electron chi connectivity index (χ2n) is 5.73. The van der Waals surface area contributed by atoms with Crippen LogP contribution in [0.5, 0.6) is 0 Å². The van der Waals surface area contributed by atoms with Crippen LogP contribution in [0.1, 0.15) is 44.1 Å². The van der Waals surface area contributed by atoms with Crippen molar-refractivity contribution in [2.24, 2.45) is 5.92 Å². The van der Waals surface area contributed by atoms with Gasteiger partial charge in [0.05, 0.1) is 0 Å². The van der Waals surface area contributed by atoms with Gasteiger partial charge in [0.1, 0.15) is 0 Å². The van der Waals surface area contributed by atoms with E-state index >= 15 is 0 Å². The molecule has 1 fully saturated rings. The van der Waals surface area contributed by atoms with Crippen LogP contribution < -0.4 is 5.32 Å². The zero-order valence-corrected chi connectivity index (χ0v) is 12.3. The standard InChI is InChI=1S/C17H23NS/c1-2-6-14(7-3-1)10-11-18-12-15-13-19-17-9-5-4-8-16(15)17/h4-5,8-9,13-14,18H,1-3,6-7,10-12H2. The van der Waals surface area contributed by atoms with Crippen molar-refractivity contribution in [3.05, 3.63) is 35.2 Å². The van der Waals surface area contributed by atoms with Crippen LogP contribution in [0.15, 0.2) is 29.6 Å².